The fraction of sp³-hybridized carbons (Fsp3) is 0.438. The van der Waals surface area contributed by atoms with E-state index >= 15 is 0 Å². The lowest BCUT2D eigenvalue weighted by molar-refractivity contribution is -0.183. The minimum atomic E-state index is -4.41. The summed E-state index contributed by atoms with van der Waals surface area (Å²) in [4.78, 5) is 21.6. The van der Waals surface area contributed by atoms with Crippen LogP contribution in [-0.4, -0.2) is 70.3 Å². The molecule has 3 heterocycles. The number of hydrogen-bond donors (Lipinski definition) is 2. The third-order valence-electron chi connectivity index (χ3n) is 4.21. The SMILES string of the molecule is O=C(NCC(N1CCNCC1)C(F)(F)F)c1ccc(-n2ccnc2)nc1. The number of nitrogens with zero attached hydrogens (tertiary/aromatic N) is 4. The zero-order valence-electron chi connectivity index (χ0n) is 13.9. The first-order valence-electron chi connectivity index (χ1n) is 8.19. The predicted molar refractivity (Wildman–Crippen MR) is 88.0 cm³/mol. The largest absolute Gasteiger partial charge is 0.405 e. The summed E-state index contributed by atoms with van der Waals surface area (Å²) in [6.45, 7) is 1.09. The monoisotopic (exact) mass is 368 g/mol. The molecule has 26 heavy (non-hydrogen) atoms. The molecule has 7 nitrogen and oxygen atoms in total. The van der Waals surface area contributed by atoms with Crippen molar-refractivity contribution in [3.8, 4) is 5.82 Å². The van der Waals surface area contributed by atoms with E-state index in [0.29, 0.717) is 32.0 Å². The standard InChI is InChI=1S/C16H19F3N6O/c17-16(18,19)13(24-6-3-20-4-7-24)10-23-15(26)12-1-2-14(22-9-12)25-8-5-21-11-25/h1-2,5,8-9,11,13,20H,3-4,6-7,10H2,(H,23,26). The Morgan fingerprint density at radius 1 is 1.31 bits per heavy atom. The van der Waals surface area contributed by atoms with Crippen molar-refractivity contribution >= 4 is 5.91 Å². The molecule has 2 aromatic heterocycles. The van der Waals surface area contributed by atoms with Crippen LogP contribution in [0, 0.1) is 0 Å². The van der Waals surface area contributed by atoms with E-state index in [1.165, 1.54) is 17.2 Å². The van der Waals surface area contributed by atoms with Crippen LogP contribution >= 0.6 is 0 Å². The van der Waals surface area contributed by atoms with E-state index in [2.05, 4.69) is 20.6 Å². The van der Waals surface area contributed by atoms with Crippen molar-refractivity contribution in [3.05, 3.63) is 42.6 Å². The fourth-order valence-electron chi connectivity index (χ4n) is 2.80. The van der Waals surface area contributed by atoms with Gasteiger partial charge in [0.05, 0.1) is 5.56 Å². The molecule has 0 spiro atoms. The molecule has 140 valence electrons. The van der Waals surface area contributed by atoms with Gasteiger partial charge in [-0.1, -0.05) is 0 Å². The van der Waals surface area contributed by atoms with Gasteiger partial charge >= 0.3 is 6.18 Å². The minimum Gasteiger partial charge on any atom is -0.350 e. The summed E-state index contributed by atoms with van der Waals surface area (Å²) < 4.78 is 41.7. The average Bonchev–Trinajstić information content (AvgIpc) is 3.16. The van der Waals surface area contributed by atoms with E-state index < -0.39 is 24.7 Å². The molecule has 1 fully saturated rings. The number of alkyl halides is 3. The summed E-state index contributed by atoms with van der Waals surface area (Å²) >= 11 is 0. The number of amides is 1. The van der Waals surface area contributed by atoms with Crippen LogP contribution in [0.5, 0.6) is 0 Å². The Bertz CT molecular complexity index is 711. The molecule has 0 aromatic carbocycles. The highest BCUT2D eigenvalue weighted by molar-refractivity contribution is 5.93. The zero-order chi connectivity index (χ0) is 18.6. The van der Waals surface area contributed by atoms with Crippen molar-refractivity contribution in [3.63, 3.8) is 0 Å². The predicted octanol–water partition coefficient (Wildman–Crippen LogP) is 0.833. The maximum atomic E-state index is 13.3. The van der Waals surface area contributed by atoms with Gasteiger partial charge in [0.2, 0.25) is 0 Å². The number of carbonyl (C=O) groups is 1. The topological polar surface area (TPSA) is 75.1 Å². The molecular weight excluding hydrogens is 349 g/mol. The van der Waals surface area contributed by atoms with Crippen molar-refractivity contribution in [1.82, 2.24) is 30.1 Å². The van der Waals surface area contributed by atoms with Crippen molar-refractivity contribution in [2.24, 2.45) is 0 Å². The Kier molecular flexibility index (Phi) is 5.52. The van der Waals surface area contributed by atoms with Gasteiger partial charge in [-0.15, -0.1) is 0 Å². The molecule has 1 amide bonds. The Morgan fingerprint density at radius 2 is 2.08 bits per heavy atom. The Balaban J connectivity index is 1.62. The second-order valence-electron chi connectivity index (χ2n) is 5.93. The molecule has 1 aliphatic heterocycles. The van der Waals surface area contributed by atoms with Crippen molar-refractivity contribution < 1.29 is 18.0 Å². The van der Waals surface area contributed by atoms with Crippen LogP contribution in [0.1, 0.15) is 10.4 Å². The molecule has 0 aliphatic carbocycles. The van der Waals surface area contributed by atoms with Gasteiger partial charge in [0.15, 0.2) is 0 Å². The normalized spacial score (nSPS) is 17.0. The second-order valence-corrected chi connectivity index (χ2v) is 5.93. The maximum absolute atomic E-state index is 13.3. The second kappa shape index (κ2) is 7.83. The Morgan fingerprint density at radius 3 is 2.65 bits per heavy atom. The van der Waals surface area contributed by atoms with Crippen LogP contribution in [0.15, 0.2) is 37.1 Å². The molecule has 1 atom stereocenters. The summed E-state index contributed by atoms with van der Waals surface area (Å²) in [5.41, 5.74) is 0.204. The summed E-state index contributed by atoms with van der Waals surface area (Å²) in [5.74, 6) is -0.0212. The lowest BCUT2D eigenvalue weighted by Gasteiger charge is -2.35. The summed E-state index contributed by atoms with van der Waals surface area (Å²) in [6.07, 6.45) is 1.77. The van der Waals surface area contributed by atoms with Gasteiger partial charge in [-0.25, -0.2) is 9.97 Å². The highest BCUT2D eigenvalue weighted by atomic mass is 19.4. The number of rotatable bonds is 5. The third-order valence-corrected chi connectivity index (χ3v) is 4.21. The quantitative estimate of drug-likeness (QED) is 0.818. The van der Waals surface area contributed by atoms with E-state index in [0.717, 1.165) is 0 Å². The molecule has 1 saturated heterocycles. The van der Waals surface area contributed by atoms with Gasteiger partial charge in [-0.3, -0.25) is 14.3 Å². The molecule has 0 saturated carbocycles. The van der Waals surface area contributed by atoms with E-state index in [-0.39, 0.29) is 5.56 Å². The number of aromatic nitrogens is 3. The molecule has 2 N–H and O–H groups in total. The molecule has 0 radical (unpaired) electrons. The van der Waals surface area contributed by atoms with Crippen LogP contribution in [0.2, 0.25) is 0 Å². The van der Waals surface area contributed by atoms with E-state index in [9.17, 15) is 18.0 Å². The first kappa shape index (κ1) is 18.3. The molecule has 2 aromatic rings. The molecule has 1 unspecified atom stereocenters. The van der Waals surface area contributed by atoms with E-state index in [4.69, 9.17) is 0 Å². The van der Waals surface area contributed by atoms with Crippen molar-refractivity contribution in [2.45, 2.75) is 12.2 Å². The van der Waals surface area contributed by atoms with Crippen LogP contribution in [0.4, 0.5) is 13.2 Å². The number of imidazole rings is 1. The number of hydrogen-bond acceptors (Lipinski definition) is 5. The summed E-state index contributed by atoms with van der Waals surface area (Å²) in [5, 5.41) is 5.39. The molecular formula is C16H19F3N6O. The molecule has 3 rings (SSSR count). The van der Waals surface area contributed by atoms with E-state index in [1.807, 2.05) is 0 Å². The molecule has 10 heteroatoms. The number of piperazine rings is 1. The zero-order valence-corrected chi connectivity index (χ0v) is 13.9. The van der Waals surface area contributed by atoms with Crippen LogP contribution in [0.25, 0.3) is 5.82 Å². The molecule has 1 aliphatic rings. The van der Waals surface area contributed by atoms with Crippen LogP contribution < -0.4 is 10.6 Å². The van der Waals surface area contributed by atoms with Crippen molar-refractivity contribution in [2.75, 3.05) is 32.7 Å². The minimum absolute atomic E-state index is 0.204. The average molecular weight is 368 g/mol. The van der Waals surface area contributed by atoms with Gasteiger partial charge < -0.3 is 10.6 Å². The van der Waals surface area contributed by atoms with Gasteiger partial charge in [0.1, 0.15) is 18.2 Å². The van der Waals surface area contributed by atoms with Crippen LogP contribution in [0.3, 0.4) is 0 Å². The summed E-state index contributed by atoms with van der Waals surface area (Å²) in [7, 11) is 0. The number of pyridine rings is 1. The molecule has 0 bridgehead atoms. The lowest BCUT2D eigenvalue weighted by atomic mass is 10.2. The first-order valence-corrected chi connectivity index (χ1v) is 8.19. The van der Waals surface area contributed by atoms with Gasteiger partial charge in [-0.05, 0) is 12.1 Å². The Labute approximate surface area is 148 Å². The van der Waals surface area contributed by atoms with Gasteiger partial charge in [-0.2, -0.15) is 13.2 Å². The highest BCUT2D eigenvalue weighted by Crippen LogP contribution is 2.24. The lowest BCUT2D eigenvalue weighted by Crippen LogP contribution is -2.57. The van der Waals surface area contributed by atoms with Crippen LogP contribution in [-0.2, 0) is 0 Å². The van der Waals surface area contributed by atoms with E-state index in [1.54, 1.807) is 29.4 Å². The number of halogens is 3. The van der Waals surface area contributed by atoms with Crippen molar-refractivity contribution in [1.29, 1.82) is 0 Å². The first-order chi connectivity index (χ1) is 12.4. The highest BCUT2D eigenvalue weighted by Gasteiger charge is 2.43. The fourth-order valence-corrected chi connectivity index (χ4v) is 2.80. The van der Waals surface area contributed by atoms with Gasteiger partial charge in [0, 0.05) is 51.3 Å². The Hall–Kier alpha value is -2.46. The maximum Gasteiger partial charge on any atom is 0.405 e. The number of carbonyl (C=O) groups excluding carboxylic acids is 1. The smallest absolute Gasteiger partial charge is 0.350 e. The van der Waals surface area contributed by atoms with Gasteiger partial charge in [0.25, 0.3) is 5.91 Å². The third kappa shape index (κ3) is 4.38. The number of nitrogens with one attached hydrogen (secondary N) is 2. The summed E-state index contributed by atoms with van der Waals surface area (Å²) in [6, 6.07) is 1.42.